The molecule has 9 heteroatoms. The monoisotopic (exact) mass is 499 g/mol. The molecule has 0 atom stereocenters. The van der Waals surface area contributed by atoms with Crippen LogP contribution in [0.3, 0.4) is 0 Å². The highest BCUT2D eigenvalue weighted by atomic mass is 35.5. The molecule has 0 fully saturated rings. The molecule has 0 aliphatic rings. The third kappa shape index (κ3) is 9.76. The van der Waals surface area contributed by atoms with Gasteiger partial charge in [-0.25, -0.2) is 0 Å². The van der Waals surface area contributed by atoms with E-state index in [0.717, 1.165) is 11.1 Å². The predicted octanol–water partition coefficient (Wildman–Crippen LogP) is 4.85. The minimum absolute atomic E-state index is 0.214. The van der Waals surface area contributed by atoms with E-state index in [-0.39, 0.29) is 11.8 Å². The van der Waals surface area contributed by atoms with Crippen molar-refractivity contribution in [3.8, 4) is 0 Å². The van der Waals surface area contributed by atoms with Crippen LogP contribution in [0.2, 0.25) is 20.1 Å². The Bertz CT molecular complexity index is 900. The fraction of sp³-hybridized carbons (Fsp3) is 0.182. The molecule has 0 radical (unpaired) electrons. The van der Waals surface area contributed by atoms with Gasteiger partial charge in [-0.15, -0.1) is 0 Å². The zero-order valence-electron chi connectivity index (χ0n) is 16.4. The molecule has 2 aromatic rings. The van der Waals surface area contributed by atoms with E-state index in [1.807, 2.05) is 0 Å². The van der Waals surface area contributed by atoms with Gasteiger partial charge in [-0.05, 0) is 47.5 Å². The summed E-state index contributed by atoms with van der Waals surface area (Å²) in [7, 11) is 0. The van der Waals surface area contributed by atoms with Crippen LogP contribution in [-0.4, -0.2) is 38.0 Å². The molecule has 0 aromatic heterocycles. The number of rotatable bonds is 10. The summed E-state index contributed by atoms with van der Waals surface area (Å²) in [4.78, 5) is 23.6. The van der Waals surface area contributed by atoms with Crippen molar-refractivity contribution >= 4 is 70.4 Å². The lowest BCUT2D eigenvalue weighted by Gasteiger charge is -2.06. The van der Waals surface area contributed by atoms with E-state index in [9.17, 15) is 9.59 Å². The molecular formula is C22H21Cl4N3O2. The second-order valence-electron chi connectivity index (χ2n) is 6.35. The van der Waals surface area contributed by atoms with Crippen LogP contribution in [0.4, 0.5) is 0 Å². The van der Waals surface area contributed by atoms with Gasteiger partial charge in [0.15, 0.2) is 0 Å². The molecule has 164 valence electrons. The molecule has 31 heavy (non-hydrogen) atoms. The maximum absolute atomic E-state index is 11.8. The normalized spacial score (nSPS) is 11.2. The van der Waals surface area contributed by atoms with Crippen molar-refractivity contribution in [1.82, 2.24) is 16.0 Å². The van der Waals surface area contributed by atoms with Gasteiger partial charge in [-0.2, -0.15) is 0 Å². The van der Waals surface area contributed by atoms with E-state index in [4.69, 9.17) is 46.4 Å². The molecule has 0 unspecified atom stereocenters. The van der Waals surface area contributed by atoms with Gasteiger partial charge in [0.2, 0.25) is 11.8 Å². The first-order valence-corrected chi connectivity index (χ1v) is 10.9. The average Bonchev–Trinajstić information content (AvgIpc) is 2.74. The fourth-order valence-electron chi connectivity index (χ4n) is 2.37. The highest BCUT2D eigenvalue weighted by Gasteiger charge is 2.00. The number of hydrogen-bond acceptors (Lipinski definition) is 3. The zero-order chi connectivity index (χ0) is 22.6. The van der Waals surface area contributed by atoms with Crippen molar-refractivity contribution in [3.63, 3.8) is 0 Å². The first-order valence-electron chi connectivity index (χ1n) is 9.38. The van der Waals surface area contributed by atoms with Gasteiger partial charge in [0.05, 0.1) is 20.1 Å². The largest absolute Gasteiger partial charge is 0.351 e. The van der Waals surface area contributed by atoms with Crippen molar-refractivity contribution in [3.05, 3.63) is 79.8 Å². The van der Waals surface area contributed by atoms with Gasteiger partial charge >= 0.3 is 0 Å². The Morgan fingerprint density at radius 2 is 1.06 bits per heavy atom. The van der Waals surface area contributed by atoms with Crippen molar-refractivity contribution in [2.24, 2.45) is 0 Å². The van der Waals surface area contributed by atoms with E-state index in [2.05, 4.69) is 16.0 Å². The number of carbonyl (C=O) groups is 2. The van der Waals surface area contributed by atoms with Crippen molar-refractivity contribution in [2.45, 2.75) is 0 Å². The number of halogens is 4. The van der Waals surface area contributed by atoms with Crippen LogP contribution in [0.25, 0.3) is 12.2 Å². The first kappa shape index (κ1) is 25.2. The Kier molecular flexibility index (Phi) is 10.9. The van der Waals surface area contributed by atoms with E-state index >= 15 is 0 Å². The third-order valence-corrected chi connectivity index (χ3v) is 5.42. The molecule has 2 aromatic carbocycles. The Balaban J connectivity index is 1.56. The van der Waals surface area contributed by atoms with Gasteiger partial charge in [-0.1, -0.05) is 58.5 Å². The molecule has 2 rings (SSSR count). The molecule has 0 saturated carbocycles. The Morgan fingerprint density at radius 1 is 0.645 bits per heavy atom. The molecular weight excluding hydrogens is 480 g/mol. The van der Waals surface area contributed by atoms with Crippen LogP contribution in [0.5, 0.6) is 0 Å². The summed E-state index contributed by atoms with van der Waals surface area (Å²) in [5, 5.41) is 10.5. The summed E-state index contributed by atoms with van der Waals surface area (Å²) < 4.78 is 0. The smallest absolute Gasteiger partial charge is 0.244 e. The standard InChI is InChI=1S/C22H21Cl4N3O2/c23-17-5-1-15(13-19(17)25)3-7-21(30)28-11-9-27-10-12-29-22(31)8-4-16-2-6-18(24)20(26)14-16/h1-8,13-14,27H,9-12H2,(H,28,30)(H,29,31)/b7-3+,8-4+. The van der Waals surface area contributed by atoms with Gasteiger partial charge in [0.25, 0.3) is 0 Å². The molecule has 0 aliphatic heterocycles. The average molecular weight is 501 g/mol. The molecule has 0 bridgehead atoms. The van der Waals surface area contributed by atoms with Gasteiger partial charge in [0, 0.05) is 38.3 Å². The molecule has 3 N–H and O–H groups in total. The number of nitrogens with one attached hydrogen (secondary N) is 3. The second-order valence-corrected chi connectivity index (χ2v) is 7.97. The van der Waals surface area contributed by atoms with Crippen LogP contribution < -0.4 is 16.0 Å². The molecule has 2 amide bonds. The maximum Gasteiger partial charge on any atom is 0.244 e. The molecule has 0 saturated heterocycles. The minimum atomic E-state index is -0.214. The van der Waals surface area contributed by atoms with E-state index in [1.54, 1.807) is 48.6 Å². The molecule has 0 aliphatic carbocycles. The van der Waals surface area contributed by atoms with Crippen molar-refractivity contribution < 1.29 is 9.59 Å². The Morgan fingerprint density at radius 3 is 1.45 bits per heavy atom. The van der Waals surface area contributed by atoms with E-state index < -0.39 is 0 Å². The number of carbonyl (C=O) groups excluding carboxylic acids is 2. The fourth-order valence-corrected chi connectivity index (χ4v) is 2.98. The third-order valence-electron chi connectivity index (χ3n) is 3.94. The van der Waals surface area contributed by atoms with Crippen LogP contribution in [-0.2, 0) is 9.59 Å². The number of benzene rings is 2. The molecule has 0 heterocycles. The van der Waals surface area contributed by atoms with Crippen LogP contribution >= 0.6 is 46.4 Å². The second kappa shape index (κ2) is 13.4. The summed E-state index contributed by atoms with van der Waals surface area (Å²) in [6, 6.07) is 10.3. The highest BCUT2D eigenvalue weighted by Crippen LogP contribution is 2.23. The van der Waals surface area contributed by atoms with E-state index in [1.165, 1.54) is 12.2 Å². The van der Waals surface area contributed by atoms with Gasteiger partial charge < -0.3 is 16.0 Å². The lowest BCUT2D eigenvalue weighted by molar-refractivity contribution is -0.117. The number of amides is 2. The highest BCUT2D eigenvalue weighted by molar-refractivity contribution is 6.42. The summed E-state index contributed by atoms with van der Waals surface area (Å²) in [5.74, 6) is -0.428. The minimum Gasteiger partial charge on any atom is -0.351 e. The van der Waals surface area contributed by atoms with Crippen LogP contribution in [0.1, 0.15) is 11.1 Å². The summed E-state index contributed by atoms with van der Waals surface area (Å²) >= 11 is 23.6. The predicted molar refractivity (Wildman–Crippen MR) is 130 cm³/mol. The Hall–Kier alpha value is -2.02. The van der Waals surface area contributed by atoms with Crippen molar-refractivity contribution in [1.29, 1.82) is 0 Å². The van der Waals surface area contributed by atoms with Gasteiger partial charge in [-0.3, -0.25) is 9.59 Å². The van der Waals surface area contributed by atoms with Crippen LogP contribution in [0, 0.1) is 0 Å². The quantitative estimate of drug-likeness (QED) is 0.322. The maximum atomic E-state index is 11.8. The molecule has 0 spiro atoms. The summed E-state index contributed by atoms with van der Waals surface area (Å²) in [5.41, 5.74) is 1.57. The first-order chi connectivity index (χ1) is 14.8. The molecule has 5 nitrogen and oxygen atoms in total. The van der Waals surface area contributed by atoms with Crippen LogP contribution in [0.15, 0.2) is 48.6 Å². The zero-order valence-corrected chi connectivity index (χ0v) is 19.5. The van der Waals surface area contributed by atoms with E-state index in [0.29, 0.717) is 46.3 Å². The SMILES string of the molecule is O=C(/C=C/c1ccc(Cl)c(Cl)c1)NCCNCCNC(=O)/C=C/c1ccc(Cl)c(Cl)c1. The topological polar surface area (TPSA) is 70.2 Å². The summed E-state index contributed by atoms with van der Waals surface area (Å²) in [6.07, 6.45) is 6.18. The summed E-state index contributed by atoms with van der Waals surface area (Å²) in [6.45, 7) is 2.05. The van der Waals surface area contributed by atoms with Gasteiger partial charge in [0.1, 0.15) is 0 Å². The Labute approximate surface area is 201 Å². The van der Waals surface area contributed by atoms with Crippen molar-refractivity contribution in [2.75, 3.05) is 26.2 Å². The lowest BCUT2D eigenvalue weighted by atomic mass is 10.2. The number of hydrogen-bond donors (Lipinski definition) is 3. The lowest BCUT2D eigenvalue weighted by Crippen LogP contribution is -2.35.